The fraction of sp³-hybridized carbons (Fsp3) is 0.0588. The lowest BCUT2D eigenvalue weighted by Gasteiger charge is -2.08. The Morgan fingerprint density at radius 1 is 1.13 bits per heavy atom. The number of carbonyl (C=O) groups excluding carboxylic acids is 1. The maximum Gasteiger partial charge on any atom is 0.261 e. The predicted octanol–water partition coefficient (Wildman–Crippen LogP) is 5.21. The zero-order chi connectivity index (χ0) is 16.4. The molecular formula is C17H12Cl2N2O2. The Kier molecular flexibility index (Phi) is 4.37. The Morgan fingerprint density at radius 3 is 2.57 bits per heavy atom. The predicted molar refractivity (Wildman–Crippen MR) is 91.1 cm³/mol. The highest BCUT2D eigenvalue weighted by Gasteiger charge is 2.22. The molecule has 0 saturated heterocycles. The molecule has 3 rings (SSSR count). The molecule has 1 amide bonds. The van der Waals surface area contributed by atoms with Crippen LogP contribution in [0.15, 0.2) is 53.1 Å². The van der Waals surface area contributed by atoms with Crippen molar-refractivity contribution >= 4 is 34.8 Å². The van der Waals surface area contributed by atoms with E-state index >= 15 is 0 Å². The van der Waals surface area contributed by atoms with Crippen LogP contribution < -0.4 is 5.32 Å². The Labute approximate surface area is 143 Å². The third-order valence-corrected chi connectivity index (χ3v) is 3.86. The second-order valence-electron chi connectivity index (χ2n) is 4.91. The molecule has 1 N–H and O–H groups in total. The molecule has 0 saturated carbocycles. The van der Waals surface area contributed by atoms with Gasteiger partial charge in [0.15, 0.2) is 0 Å². The molecule has 0 bridgehead atoms. The number of nitrogens with zero attached hydrogens (tertiary/aromatic N) is 1. The van der Waals surface area contributed by atoms with Crippen LogP contribution in [0.25, 0.3) is 11.3 Å². The summed E-state index contributed by atoms with van der Waals surface area (Å²) in [5.74, 6) is 0.0956. The number of hydrogen-bond donors (Lipinski definition) is 1. The van der Waals surface area contributed by atoms with Crippen LogP contribution >= 0.6 is 23.2 Å². The Balaban J connectivity index is 1.96. The van der Waals surface area contributed by atoms with Gasteiger partial charge in [-0.25, -0.2) is 0 Å². The van der Waals surface area contributed by atoms with Crippen molar-refractivity contribution in [3.05, 3.63) is 69.9 Å². The lowest BCUT2D eigenvalue weighted by atomic mass is 10.1. The third-order valence-electron chi connectivity index (χ3n) is 3.32. The van der Waals surface area contributed by atoms with Crippen molar-refractivity contribution in [2.45, 2.75) is 6.92 Å². The molecule has 0 unspecified atom stereocenters. The van der Waals surface area contributed by atoms with E-state index in [2.05, 4.69) is 10.5 Å². The molecular weight excluding hydrogens is 335 g/mol. The van der Waals surface area contributed by atoms with Crippen LogP contribution in [-0.4, -0.2) is 11.1 Å². The van der Waals surface area contributed by atoms with Crippen LogP contribution in [0.3, 0.4) is 0 Å². The van der Waals surface area contributed by atoms with Crippen molar-refractivity contribution in [2.75, 3.05) is 5.32 Å². The van der Waals surface area contributed by atoms with Crippen molar-refractivity contribution in [1.29, 1.82) is 0 Å². The van der Waals surface area contributed by atoms with Crippen molar-refractivity contribution in [2.24, 2.45) is 0 Å². The molecule has 1 aromatic heterocycles. The molecule has 3 aromatic rings. The summed E-state index contributed by atoms with van der Waals surface area (Å²) in [6, 6.07) is 14.2. The smallest absolute Gasteiger partial charge is 0.261 e. The topological polar surface area (TPSA) is 55.1 Å². The fourth-order valence-corrected chi connectivity index (χ4v) is 2.66. The summed E-state index contributed by atoms with van der Waals surface area (Å²) in [5, 5.41) is 7.62. The van der Waals surface area contributed by atoms with Crippen LogP contribution in [0.5, 0.6) is 0 Å². The number of rotatable bonds is 3. The number of nitrogens with one attached hydrogen (secondary N) is 1. The van der Waals surface area contributed by atoms with Gasteiger partial charge in [0, 0.05) is 10.6 Å². The first-order chi connectivity index (χ1) is 11.1. The van der Waals surface area contributed by atoms with Crippen molar-refractivity contribution in [1.82, 2.24) is 5.16 Å². The molecule has 1 heterocycles. The lowest BCUT2D eigenvalue weighted by molar-refractivity contribution is 0.102. The molecule has 0 radical (unpaired) electrons. The van der Waals surface area contributed by atoms with Crippen molar-refractivity contribution in [3.63, 3.8) is 0 Å². The second kappa shape index (κ2) is 6.44. The van der Waals surface area contributed by atoms with E-state index in [1.165, 1.54) is 0 Å². The third kappa shape index (κ3) is 3.23. The summed E-state index contributed by atoms with van der Waals surface area (Å²) in [6.07, 6.45) is 0. The molecule has 0 aliphatic heterocycles. The number of aromatic nitrogens is 1. The van der Waals surface area contributed by atoms with Gasteiger partial charge in [-0.1, -0.05) is 58.7 Å². The van der Waals surface area contributed by atoms with Crippen molar-refractivity contribution < 1.29 is 9.32 Å². The Bertz CT molecular complexity index is 860. The van der Waals surface area contributed by atoms with Gasteiger partial charge in [0.25, 0.3) is 5.91 Å². The maximum absolute atomic E-state index is 12.6. The van der Waals surface area contributed by atoms with Crippen LogP contribution in [0.2, 0.25) is 10.0 Å². The highest BCUT2D eigenvalue weighted by atomic mass is 35.5. The van der Waals surface area contributed by atoms with Gasteiger partial charge in [-0.2, -0.15) is 0 Å². The molecule has 0 aliphatic rings. The monoisotopic (exact) mass is 346 g/mol. The zero-order valence-electron chi connectivity index (χ0n) is 12.1. The Morgan fingerprint density at radius 2 is 1.87 bits per heavy atom. The van der Waals surface area contributed by atoms with Gasteiger partial charge < -0.3 is 9.84 Å². The van der Waals surface area contributed by atoms with E-state index in [9.17, 15) is 4.79 Å². The number of hydrogen-bond acceptors (Lipinski definition) is 3. The summed E-state index contributed by atoms with van der Waals surface area (Å²) in [4.78, 5) is 12.6. The number of amides is 1. The van der Waals surface area contributed by atoms with Crippen LogP contribution in [0.1, 0.15) is 16.1 Å². The fourth-order valence-electron chi connectivity index (χ4n) is 2.21. The first-order valence-corrected chi connectivity index (χ1v) is 7.60. The van der Waals surface area contributed by atoms with Gasteiger partial charge in [-0.3, -0.25) is 4.79 Å². The average molecular weight is 347 g/mol. The van der Waals surface area contributed by atoms with Gasteiger partial charge in [0.2, 0.25) is 0 Å². The molecule has 0 fully saturated rings. The summed E-state index contributed by atoms with van der Waals surface area (Å²) >= 11 is 12.0. The molecule has 0 spiro atoms. The molecule has 116 valence electrons. The molecule has 6 heteroatoms. The van der Waals surface area contributed by atoms with Crippen molar-refractivity contribution in [3.8, 4) is 11.3 Å². The van der Waals surface area contributed by atoms with Crippen LogP contribution in [0, 0.1) is 6.92 Å². The number of carbonyl (C=O) groups is 1. The van der Waals surface area contributed by atoms with E-state index in [0.717, 1.165) is 5.56 Å². The standard InChI is InChI=1S/C17H12Cl2N2O2/c1-10-15(16(21-23-10)11-5-3-2-4-6-11)17(22)20-14-8-7-12(18)9-13(14)19/h2-9H,1H3,(H,20,22). The maximum atomic E-state index is 12.6. The molecule has 2 aromatic carbocycles. The minimum atomic E-state index is -0.341. The van der Waals surface area contributed by atoms with Crippen LogP contribution in [0.4, 0.5) is 5.69 Å². The minimum Gasteiger partial charge on any atom is -0.360 e. The van der Waals surface area contributed by atoms with E-state index in [4.69, 9.17) is 27.7 Å². The van der Waals surface area contributed by atoms with Crippen LogP contribution in [-0.2, 0) is 0 Å². The molecule has 23 heavy (non-hydrogen) atoms. The van der Waals surface area contributed by atoms with E-state index in [1.54, 1.807) is 25.1 Å². The number of anilines is 1. The summed E-state index contributed by atoms with van der Waals surface area (Å²) in [6.45, 7) is 1.69. The van der Waals surface area contributed by atoms with E-state index in [1.807, 2.05) is 30.3 Å². The first kappa shape index (κ1) is 15.6. The van der Waals surface area contributed by atoms with Gasteiger partial charge in [0.1, 0.15) is 17.0 Å². The lowest BCUT2D eigenvalue weighted by Crippen LogP contribution is -2.13. The van der Waals surface area contributed by atoms with Gasteiger partial charge in [0.05, 0.1) is 10.7 Å². The second-order valence-corrected chi connectivity index (χ2v) is 5.75. The van der Waals surface area contributed by atoms with Gasteiger partial charge >= 0.3 is 0 Å². The normalized spacial score (nSPS) is 10.6. The molecule has 0 atom stereocenters. The average Bonchev–Trinajstić information content (AvgIpc) is 2.93. The summed E-state index contributed by atoms with van der Waals surface area (Å²) in [7, 11) is 0. The number of aryl methyl sites for hydroxylation is 1. The quantitative estimate of drug-likeness (QED) is 0.708. The van der Waals surface area contributed by atoms with Gasteiger partial charge in [-0.05, 0) is 25.1 Å². The van der Waals surface area contributed by atoms with E-state index < -0.39 is 0 Å². The largest absolute Gasteiger partial charge is 0.360 e. The molecule has 4 nitrogen and oxygen atoms in total. The zero-order valence-corrected chi connectivity index (χ0v) is 13.7. The minimum absolute atomic E-state index is 0.341. The van der Waals surface area contributed by atoms with E-state index in [0.29, 0.717) is 32.8 Å². The first-order valence-electron chi connectivity index (χ1n) is 6.84. The summed E-state index contributed by atoms with van der Waals surface area (Å²) < 4.78 is 5.19. The molecule has 0 aliphatic carbocycles. The summed E-state index contributed by atoms with van der Waals surface area (Å²) in [5.41, 5.74) is 2.14. The number of benzene rings is 2. The Hall–Kier alpha value is -2.30. The SMILES string of the molecule is Cc1onc(-c2ccccc2)c1C(=O)Nc1ccc(Cl)cc1Cl. The number of halogens is 2. The highest BCUT2D eigenvalue weighted by Crippen LogP contribution is 2.29. The van der Waals surface area contributed by atoms with E-state index in [-0.39, 0.29) is 5.91 Å². The van der Waals surface area contributed by atoms with Gasteiger partial charge in [-0.15, -0.1) is 0 Å². The highest BCUT2D eigenvalue weighted by molar-refractivity contribution is 6.36.